The highest BCUT2D eigenvalue weighted by atomic mass is 79.9. The highest BCUT2D eigenvalue weighted by Crippen LogP contribution is 2.26. The predicted molar refractivity (Wildman–Crippen MR) is 97.6 cm³/mol. The topological polar surface area (TPSA) is 75.9 Å². The first kappa shape index (κ1) is 15.3. The molecule has 0 unspecified atom stereocenters. The van der Waals surface area contributed by atoms with E-state index in [1.165, 1.54) is 6.33 Å². The van der Waals surface area contributed by atoms with Gasteiger partial charge in [-0.15, -0.1) is 0 Å². The zero-order valence-electron chi connectivity index (χ0n) is 12.3. The van der Waals surface area contributed by atoms with E-state index in [1.54, 1.807) is 0 Å². The minimum Gasteiger partial charge on any atom is -0.393 e. The second-order valence-electron chi connectivity index (χ2n) is 4.96. The molecule has 23 heavy (non-hydrogen) atoms. The fourth-order valence-corrected chi connectivity index (χ4v) is 2.35. The van der Waals surface area contributed by atoms with Gasteiger partial charge in [0.15, 0.2) is 11.6 Å². The average Bonchev–Trinajstić information content (AvgIpc) is 2.58. The molecule has 0 aliphatic rings. The van der Waals surface area contributed by atoms with Crippen molar-refractivity contribution in [1.29, 1.82) is 0 Å². The molecule has 0 spiro atoms. The third-order valence-corrected chi connectivity index (χ3v) is 3.82. The maximum absolute atomic E-state index is 6.17. The number of nitrogens with zero attached hydrogens (tertiary/aromatic N) is 2. The van der Waals surface area contributed by atoms with E-state index in [-0.39, 0.29) is 0 Å². The SMILES string of the molecule is Nc1c(NCc2ccccc2)ncnc1Nc1ccc(Br)cc1. The number of nitrogens with one attached hydrogen (secondary N) is 2. The molecule has 0 aliphatic heterocycles. The molecule has 0 radical (unpaired) electrons. The van der Waals surface area contributed by atoms with Gasteiger partial charge in [-0.05, 0) is 29.8 Å². The van der Waals surface area contributed by atoms with Crippen LogP contribution in [-0.2, 0) is 6.54 Å². The summed E-state index contributed by atoms with van der Waals surface area (Å²) in [5.74, 6) is 1.20. The van der Waals surface area contributed by atoms with Gasteiger partial charge in [0, 0.05) is 16.7 Å². The first-order valence-corrected chi connectivity index (χ1v) is 7.92. The Hall–Kier alpha value is -2.60. The molecule has 4 N–H and O–H groups in total. The smallest absolute Gasteiger partial charge is 0.159 e. The Balaban J connectivity index is 1.74. The van der Waals surface area contributed by atoms with Crippen molar-refractivity contribution in [1.82, 2.24) is 9.97 Å². The van der Waals surface area contributed by atoms with Crippen LogP contribution in [0.15, 0.2) is 65.4 Å². The van der Waals surface area contributed by atoms with Crippen molar-refractivity contribution in [2.45, 2.75) is 6.54 Å². The molecule has 0 fully saturated rings. The van der Waals surface area contributed by atoms with Crippen LogP contribution in [-0.4, -0.2) is 9.97 Å². The Morgan fingerprint density at radius 1 is 0.913 bits per heavy atom. The molecule has 0 aliphatic carbocycles. The molecule has 0 saturated carbocycles. The quantitative estimate of drug-likeness (QED) is 0.628. The summed E-state index contributed by atoms with van der Waals surface area (Å²) in [6, 6.07) is 17.9. The molecule has 1 aromatic heterocycles. The molecule has 2 aromatic carbocycles. The van der Waals surface area contributed by atoms with Crippen molar-refractivity contribution in [2.75, 3.05) is 16.4 Å². The lowest BCUT2D eigenvalue weighted by Gasteiger charge is -2.12. The van der Waals surface area contributed by atoms with Gasteiger partial charge < -0.3 is 16.4 Å². The minimum absolute atomic E-state index is 0.492. The molecule has 5 nitrogen and oxygen atoms in total. The summed E-state index contributed by atoms with van der Waals surface area (Å²) in [6.07, 6.45) is 1.49. The van der Waals surface area contributed by atoms with Crippen molar-refractivity contribution >= 4 is 38.9 Å². The number of halogens is 1. The fraction of sp³-hybridized carbons (Fsp3) is 0.0588. The summed E-state index contributed by atoms with van der Waals surface area (Å²) >= 11 is 3.41. The number of hydrogen-bond donors (Lipinski definition) is 3. The molecule has 6 heteroatoms. The van der Waals surface area contributed by atoms with Gasteiger partial charge in [-0.1, -0.05) is 46.3 Å². The van der Waals surface area contributed by atoms with E-state index < -0.39 is 0 Å². The third-order valence-electron chi connectivity index (χ3n) is 3.29. The number of hydrogen-bond acceptors (Lipinski definition) is 5. The number of aromatic nitrogens is 2. The molecule has 1 heterocycles. The molecule has 116 valence electrons. The summed E-state index contributed by atoms with van der Waals surface area (Å²) < 4.78 is 1.02. The maximum Gasteiger partial charge on any atom is 0.159 e. The zero-order valence-corrected chi connectivity index (χ0v) is 13.9. The van der Waals surface area contributed by atoms with Crippen LogP contribution in [0.3, 0.4) is 0 Å². The van der Waals surface area contributed by atoms with Crippen molar-refractivity contribution in [3.63, 3.8) is 0 Å². The van der Waals surface area contributed by atoms with E-state index in [1.807, 2.05) is 54.6 Å². The second-order valence-corrected chi connectivity index (χ2v) is 5.87. The standard InChI is InChI=1S/C17H16BrN5/c18-13-6-8-14(9-7-13)23-17-15(19)16(21-11-22-17)20-10-12-4-2-1-3-5-12/h1-9,11H,10,19H2,(H2,20,21,22,23). The lowest BCUT2D eigenvalue weighted by atomic mass is 10.2. The van der Waals surface area contributed by atoms with Gasteiger partial charge in [0.25, 0.3) is 0 Å². The van der Waals surface area contributed by atoms with Crippen LogP contribution in [0, 0.1) is 0 Å². The Morgan fingerprint density at radius 3 is 2.35 bits per heavy atom. The summed E-state index contributed by atoms with van der Waals surface area (Å²) in [7, 11) is 0. The molecule has 0 atom stereocenters. The van der Waals surface area contributed by atoms with E-state index in [0.717, 1.165) is 15.7 Å². The van der Waals surface area contributed by atoms with Crippen LogP contribution in [0.1, 0.15) is 5.56 Å². The van der Waals surface area contributed by atoms with Crippen molar-refractivity contribution in [3.8, 4) is 0 Å². The lowest BCUT2D eigenvalue weighted by molar-refractivity contribution is 1.09. The highest BCUT2D eigenvalue weighted by Gasteiger charge is 2.08. The molecule has 0 bridgehead atoms. The summed E-state index contributed by atoms with van der Waals surface area (Å²) in [6.45, 7) is 0.653. The van der Waals surface area contributed by atoms with E-state index >= 15 is 0 Å². The zero-order chi connectivity index (χ0) is 16.1. The van der Waals surface area contributed by atoms with Crippen LogP contribution in [0.2, 0.25) is 0 Å². The first-order valence-electron chi connectivity index (χ1n) is 7.13. The van der Waals surface area contributed by atoms with Crippen LogP contribution in [0.5, 0.6) is 0 Å². The minimum atomic E-state index is 0.492. The number of nitrogens with two attached hydrogens (primary N) is 1. The van der Waals surface area contributed by atoms with Gasteiger partial charge in [0.05, 0.1) is 0 Å². The maximum atomic E-state index is 6.17. The monoisotopic (exact) mass is 369 g/mol. The molecular weight excluding hydrogens is 354 g/mol. The largest absolute Gasteiger partial charge is 0.393 e. The van der Waals surface area contributed by atoms with Gasteiger partial charge in [0.2, 0.25) is 0 Å². The summed E-state index contributed by atoms with van der Waals surface area (Å²) in [5.41, 5.74) is 8.73. The Morgan fingerprint density at radius 2 is 1.61 bits per heavy atom. The van der Waals surface area contributed by atoms with Crippen LogP contribution >= 0.6 is 15.9 Å². The van der Waals surface area contributed by atoms with Gasteiger partial charge in [0.1, 0.15) is 12.0 Å². The van der Waals surface area contributed by atoms with Crippen LogP contribution < -0.4 is 16.4 Å². The van der Waals surface area contributed by atoms with Crippen molar-refractivity contribution < 1.29 is 0 Å². The number of anilines is 4. The first-order chi connectivity index (χ1) is 11.2. The van der Waals surface area contributed by atoms with Gasteiger partial charge in [-0.2, -0.15) is 0 Å². The highest BCUT2D eigenvalue weighted by molar-refractivity contribution is 9.10. The molecular formula is C17H16BrN5. The van der Waals surface area contributed by atoms with Gasteiger partial charge in [-0.3, -0.25) is 0 Å². The van der Waals surface area contributed by atoms with Crippen LogP contribution in [0.4, 0.5) is 23.0 Å². The van der Waals surface area contributed by atoms with E-state index in [9.17, 15) is 0 Å². The predicted octanol–water partition coefficient (Wildman–Crippen LogP) is 4.18. The summed E-state index contributed by atoms with van der Waals surface area (Å²) in [5, 5.41) is 6.44. The number of benzene rings is 2. The molecule has 0 saturated heterocycles. The Bertz CT molecular complexity index is 775. The summed E-state index contributed by atoms with van der Waals surface area (Å²) in [4.78, 5) is 8.43. The normalized spacial score (nSPS) is 10.3. The molecule has 3 aromatic rings. The van der Waals surface area contributed by atoms with Crippen molar-refractivity contribution in [3.05, 3.63) is 71.0 Å². The average molecular weight is 370 g/mol. The van der Waals surface area contributed by atoms with Gasteiger partial charge in [-0.25, -0.2) is 9.97 Å². The van der Waals surface area contributed by atoms with E-state index in [4.69, 9.17) is 5.73 Å². The number of rotatable bonds is 5. The second kappa shape index (κ2) is 7.11. The fourth-order valence-electron chi connectivity index (χ4n) is 2.09. The van der Waals surface area contributed by atoms with Crippen molar-refractivity contribution in [2.24, 2.45) is 0 Å². The Kier molecular flexibility index (Phi) is 4.73. The number of nitrogen functional groups attached to an aromatic ring is 1. The lowest BCUT2D eigenvalue weighted by Crippen LogP contribution is -2.08. The van der Waals surface area contributed by atoms with E-state index in [0.29, 0.717) is 23.9 Å². The van der Waals surface area contributed by atoms with E-state index in [2.05, 4.69) is 36.5 Å². The Labute approximate surface area is 143 Å². The van der Waals surface area contributed by atoms with Gasteiger partial charge >= 0.3 is 0 Å². The molecule has 0 amide bonds. The third kappa shape index (κ3) is 3.98. The van der Waals surface area contributed by atoms with Crippen LogP contribution in [0.25, 0.3) is 0 Å². The molecule has 3 rings (SSSR count).